The quantitative estimate of drug-likeness (QED) is 0.317. The Morgan fingerprint density at radius 2 is 1.80 bits per heavy atom. The molecule has 0 aliphatic heterocycles. The molecule has 0 heterocycles. The first kappa shape index (κ1) is 14.3. The summed E-state index contributed by atoms with van der Waals surface area (Å²) in [5, 5.41) is 0. The molecule has 0 aliphatic rings. The predicted octanol–water partition coefficient (Wildman–Crippen LogP) is 3.44. The number of hydrogen-bond donors (Lipinski definition) is 0. The Morgan fingerprint density at radius 3 is 2.40 bits per heavy atom. The zero-order valence-electron chi connectivity index (χ0n) is 10.00. The van der Waals surface area contributed by atoms with Gasteiger partial charge in [-0.2, -0.15) is 4.99 Å². The van der Waals surface area contributed by atoms with E-state index in [1.54, 1.807) is 6.08 Å². The average molecular weight is 213 g/mol. The molecule has 0 saturated heterocycles. The van der Waals surface area contributed by atoms with Crippen molar-refractivity contribution in [1.82, 2.24) is 0 Å². The fourth-order valence-electron chi connectivity index (χ4n) is 1.54. The number of hydrogen-bond acceptors (Lipinski definition) is 3. The summed E-state index contributed by atoms with van der Waals surface area (Å²) < 4.78 is 5.28. The molecule has 0 aromatic heterocycles. The lowest BCUT2D eigenvalue weighted by Gasteiger charge is -2.09. The zero-order chi connectivity index (χ0) is 11.4. The fraction of sp³-hybridized carbons (Fsp3) is 0.917. The molecule has 0 spiro atoms. The van der Waals surface area contributed by atoms with Gasteiger partial charge in [0.05, 0.1) is 0 Å². The molecule has 1 atom stereocenters. The standard InChI is InChI=1S/C12H23NO2/c1-3-5-6-7-8-9-10-12(13-11-14)15-4-2/h12H,3-10H2,1-2H3. The van der Waals surface area contributed by atoms with Crippen LogP contribution in [-0.2, 0) is 9.53 Å². The first-order valence-corrected chi connectivity index (χ1v) is 6.03. The van der Waals surface area contributed by atoms with Crippen LogP contribution in [-0.4, -0.2) is 18.9 Å². The van der Waals surface area contributed by atoms with E-state index >= 15 is 0 Å². The van der Waals surface area contributed by atoms with Crippen molar-refractivity contribution in [3.63, 3.8) is 0 Å². The number of carbonyl (C=O) groups excluding carboxylic acids is 1. The molecule has 0 rings (SSSR count). The van der Waals surface area contributed by atoms with E-state index < -0.39 is 0 Å². The third-order valence-electron chi connectivity index (χ3n) is 2.36. The third kappa shape index (κ3) is 9.64. The molecule has 0 aromatic carbocycles. The minimum Gasteiger partial charge on any atom is -0.356 e. The van der Waals surface area contributed by atoms with Gasteiger partial charge in [-0.15, -0.1) is 0 Å². The number of rotatable bonds is 10. The largest absolute Gasteiger partial charge is 0.356 e. The van der Waals surface area contributed by atoms with Crippen LogP contribution in [0.2, 0.25) is 0 Å². The van der Waals surface area contributed by atoms with Gasteiger partial charge in [0.2, 0.25) is 6.08 Å². The first-order chi connectivity index (χ1) is 7.35. The summed E-state index contributed by atoms with van der Waals surface area (Å²) in [6.07, 6.45) is 9.61. The van der Waals surface area contributed by atoms with E-state index in [0.717, 1.165) is 12.8 Å². The van der Waals surface area contributed by atoms with E-state index in [1.807, 2.05) is 6.92 Å². The van der Waals surface area contributed by atoms with E-state index in [0.29, 0.717) is 6.61 Å². The highest BCUT2D eigenvalue weighted by molar-refractivity contribution is 5.33. The second-order valence-electron chi connectivity index (χ2n) is 3.69. The van der Waals surface area contributed by atoms with Crippen molar-refractivity contribution in [3.05, 3.63) is 0 Å². The molecule has 0 saturated carbocycles. The maximum absolute atomic E-state index is 10.1. The van der Waals surface area contributed by atoms with Crippen molar-refractivity contribution in [3.8, 4) is 0 Å². The SMILES string of the molecule is CCCCCCCCC(N=C=O)OCC. The molecule has 0 radical (unpaired) electrons. The lowest BCUT2D eigenvalue weighted by molar-refractivity contribution is 0.0615. The van der Waals surface area contributed by atoms with E-state index in [-0.39, 0.29) is 6.23 Å². The summed E-state index contributed by atoms with van der Waals surface area (Å²) in [6.45, 7) is 4.73. The van der Waals surface area contributed by atoms with E-state index in [1.165, 1.54) is 32.1 Å². The molecule has 15 heavy (non-hydrogen) atoms. The molecule has 0 bridgehead atoms. The monoisotopic (exact) mass is 213 g/mol. The molecular formula is C12H23NO2. The van der Waals surface area contributed by atoms with Crippen LogP contribution in [0.5, 0.6) is 0 Å². The Hall–Kier alpha value is -0.660. The summed E-state index contributed by atoms with van der Waals surface area (Å²) in [6, 6.07) is 0. The van der Waals surface area contributed by atoms with Crippen molar-refractivity contribution in [1.29, 1.82) is 0 Å². The van der Waals surface area contributed by atoms with Gasteiger partial charge in [0, 0.05) is 6.61 Å². The van der Waals surface area contributed by atoms with Crippen LogP contribution >= 0.6 is 0 Å². The van der Waals surface area contributed by atoms with Crippen molar-refractivity contribution in [2.45, 2.75) is 65.0 Å². The maximum Gasteiger partial charge on any atom is 0.237 e. The Balaban J connectivity index is 3.40. The van der Waals surface area contributed by atoms with Crippen LogP contribution in [0.15, 0.2) is 4.99 Å². The molecule has 0 fully saturated rings. The van der Waals surface area contributed by atoms with E-state index in [2.05, 4.69) is 11.9 Å². The molecule has 3 nitrogen and oxygen atoms in total. The Morgan fingerprint density at radius 1 is 1.13 bits per heavy atom. The molecule has 88 valence electrons. The minimum absolute atomic E-state index is 0.265. The molecule has 0 aliphatic carbocycles. The number of ether oxygens (including phenoxy) is 1. The normalized spacial score (nSPS) is 12.1. The summed E-state index contributed by atoms with van der Waals surface area (Å²) in [4.78, 5) is 13.7. The van der Waals surface area contributed by atoms with Crippen LogP contribution < -0.4 is 0 Å². The van der Waals surface area contributed by atoms with E-state index in [4.69, 9.17) is 4.74 Å². The number of unbranched alkanes of at least 4 members (excludes halogenated alkanes) is 5. The lowest BCUT2D eigenvalue weighted by atomic mass is 10.1. The molecular weight excluding hydrogens is 190 g/mol. The smallest absolute Gasteiger partial charge is 0.237 e. The van der Waals surface area contributed by atoms with Crippen molar-refractivity contribution in [2.24, 2.45) is 4.99 Å². The van der Waals surface area contributed by atoms with Gasteiger partial charge in [-0.3, -0.25) is 0 Å². The van der Waals surface area contributed by atoms with Gasteiger partial charge in [0.15, 0.2) is 6.23 Å². The van der Waals surface area contributed by atoms with Crippen molar-refractivity contribution >= 4 is 6.08 Å². The molecule has 0 N–H and O–H groups in total. The summed E-state index contributed by atoms with van der Waals surface area (Å²) in [7, 11) is 0. The van der Waals surface area contributed by atoms with Gasteiger partial charge in [0.1, 0.15) is 0 Å². The highest BCUT2D eigenvalue weighted by Crippen LogP contribution is 2.10. The van der Waals surface area contributed by atoms with Gasteiger partial charge in [-0.05, 0) is 19.8 Å². The van der Waals surface area contributed by atoms with Crippen LogP contribution in [0.4, 0.5) is 0 Å². The zero-order valence-corrected chi connectivity index (χ0v) is 10.00. The fourth-order valence-corrected chi connectivity index (χ4v) is 1.54. The molecule has 0 aromatic rings. The van der Waals surface area contributed by atoms with Gasteiger partial charge < -0.3 is 4.74 Å². The van der Waals surface area contributed by atoms with Crippen LogP contribution in [0, 0.1) is 0 Å². The van der Waals surface area contributed by atoms with Crippen molar-refractivity contribution < 1.29 is 9.53 Å². The number of nitrogens with zero attached hydrogens (tertiary/aromatic N) is 1. The maximum atomic E-state index is 10.1. The Kier molecular flexibility index (Phi) is 10.9. The lowest BCUT2D eigenvalue weighted by Crippen LogP contribution is -2.09. The third-order valence-corrected chi connectivity index (χ3v) is 2.36. The van der Waals surface area contributed by atoms with Gasteiger partial charge in [0.25, 0.3) is 0 Å². The molecule has 1 unspecified atom stereocenters. The van der Waals surface area contributed by atoms with E-state index in [9.17, 15) is 4.79 Å². The summed E-state index contributed by atoms with van der Waals surface area (Å²) in [5.41, 5.74) is 0. The van der Waals surface area contributed by atoms with Crippen LogP contribution in [0.1, 0.15) is 58.8 Å². The molecule has 3 heteroatoms. The van der Waals surface area contributed by atoms with Crippen LogP contribution in [0.3, 0.4) is 0 Å². The highest BCUT2D eigenvalue weighted by atomic mass is 16.5. The predicted molar refractivity (Wildman–Crippen MR) is 61.5 cm³/mol. The molecule has 0 amide bonds. The minimum atomic E-state index is -0.265. The first-order valence-electron chi connectivity index (χ1n) is 6.03. The summed E-state index contributed by atoms with van der Waals surface area (Å²) >= 11 is 0. The number of aliphatic imine (C=N–C) groups is 1. The second kappa shape index (κ2) is 11.4. The average Bonchev–Trinajstić information content (AvgIpc) is 2.24. The Bertz CT molecular complexity index is 176. The van der Waals surface area contributed by atoms with Gasteiger partial charge in [-0.25, -0.2) is 4.79 Å². The van der Waals surface area contributed by atoms with Gasteiger partial charge in [-0.1, -0.05) is 39.0 Å². The highest BCUT2D eigenvalue weighted by Gasteiger charge is 2.04. The second-order valence-corrected chi connectivity index (χ2v) is 3.69. The summed E-state index contributed by atoms with van der Waals surface area (Å²) in [5.74, 6) is 0. The van der Waals surface area contributed by atoms with Crippen LogP contribution in [0.25, 0.3) is 0 Å². The van der Waals surface area contributed by atoms with Gasteiger partial charge >= 0.3 is 0 Å². The topological polar surface area (TPSA) is 38.7 Å². The van der Waals surface area contributed by atoms with Crippen molar-refractivity contribution in [2.75, 3.05) is 6.61 Å². The Labute approximate surface area is 92.9 Å². The number of isocyanates is 1.